The number of nitrogens with two attached hydrogens (primary N) is 1. The predicted molar refractivity (Wildman–Crippen MR) is 103 cm³/mol. The summed E-state index contributed by atoms with van der Waals surface area (Å²) in [5.41, 5.74) is 6.78. The van der Waals surface area contributed by atoms with Gasteiger partial charge in [-0.05, 0) is 18.2 Å². The lowest BCUT2D eigenvalue weighted by molar-refractivity contribution is 0.0790. The number of nitrogens with zero attached hydrogens (tertiary/aromatic N) is 4. The highest BCUT2D eigenvalue weighted by Crippen LogP contribution is 2.34. The summed E-state index contributed by atoms with van der Waals surface area (Å²) in [4.78, 5) is 24.7. The standard InChI is InChI=1S/C19H19N5O4/c1-26-15-10-12-13(11-16(15)27-2)21-19(22-17(12)20)24-7-5-23(6-8-24)18(25)14-4-3-9-28-14/h3-5,7,9-11H,6,8H2,1-2H3,(H2,20,21,22). The lowest BCUT2D eigenvalue weighted by Crippen LogP contribution is -2.38. The molecule has 144 valence electrons. The number of anilines is 2. The van der Waals surface area contributed by atoms with E-state index in [9.17, 15) is 4.79 Å². The Morgan fingerprint density at radius 1 is 1.14 bits per heavy atom. The van der Waals surface area contributed by atoms with Gasteiger partial charge in [0.15, 0.2) is 17.3 Å². The highest BCUT2D eigenvalue weighted by molar-refractivity contribution is 5.93. The van der Waals surface area contributed by atoms with Gasteiger partial charge in [0.1, 0.15) is 5.82 Å². The Kier molecular flexibility index (Phi) is 4.48. The number of aromatic nitrogens is 2. The molecule has 1 aliphatic heterocycles. The van der Waals surface area contributed by atoms with E-state index < -0.39 is 0 Å². The molecule has 0 saturated carbocycles. The minimum Gasteiger partial charge on any atom is -0.493 e. The molecule has 0 saturated heterocycles. The largest absolute Gasteiger partial charge is 0.493 e. The first-order valence-corrected chi connectivity index (χ1v) is 8.59. The van der Waals surface area contributed by atoms with Crippen molar-refractivity contribution in [2.24, 2.45) is 0 Å². The van der Waals surface area contributed by atoms with Crippen LogP contribution in [0, 0.1) is 0 Å². The van der Waals surface area contributed by atoms with Crippen LogP contribution in [0.25, 0.3) is 10.9 Å². The van der Waals surface area contributed by atoms with E-state index in [0.29, 0.717) is 53.0 Å². The Balaban J connectivity index is 1.63. The number of ether oxygens (including phenoxy) is 2. The fraction of sp³-hybridized carbons (Fsp3) is 0.211. The molecule has 0 radical (unpaired) electrons. The van der Waals surface area contributed by atoms with Gasteiger partial charge in [-0.15, -0.1) is 0 Å². The Morgan fingerprint density at radius 3 is 2.57 bits per heavy atom. The van der Waals surface area contributed by atoms with E-state index in [1.165, 1.54) is 6.26 Å². The number of amides is 1. The van der Waals surface area contributed by atoms with Gasteiger partial charge < -0.3 is 29.4 Å². The highest BCUT2D eigenvalue weighted by Gasteiger charge is 2.22. The van der Waals surface area contributed by atoms with E-state index in [0.717, 1.165) is 0 Å². The van der Waals surface area contributed by atoms with Gasteiger partial charge in [0, 0.05) is 36.9 Å². The van der Waals surface area contributed by atoms with Crippen LogP contribution >= 0.6 is 0 Å². The van der Waals surface area contributed by atoms with Gasteiger partial charge >= 0.3 is 0 Å². The van der Waals surface area contributed by atoms with Crippen LogP contribution in [0.4, 0.5) is 11.8 Å². The Bertz CT molecular complexity index is 1050. The fourth-order valence-electron chi connectivity index (χ4n) is 3.00. The Labute approximate surface area is 161 Å². The van der Waals surface area contributed by atoms with Crippen molar-refractivity contribution in [3.05, 3.63) is 48.7 Å². The van der Waals surface area contributed by atoms with Gasteiger partial charge in [0.25, 0.3) is 5.91 Å². The number of fused-ring (bicyclic) bond motifs is 1. The second-order valence-corrected chi connectivity index (χ2v) is 6.10. The van der Waals surface area contributed by atoms with E-state index >= 15 is 0 Å². The summed E-state index contributed by atoms with van der Waals surface area (Å²) in [6.45, 7) is 0.977. The zero-order valence-corrected chi connectivity index (χ0v) is 15.5. The summed E-state index contributed by atoms with van der Waals surface area (Å²) in [7, 11) is 3.12. The van der Waals surface area contributed by atoms with Crippen LogP contribution in [-0.2, 0) is 0 Å². The Morgan fingerprint density at radius 2 is 1.93 bits per heavy atom. The first kappa shape index (κ1) is 17.7. The second-order valence-electron chi connectivity index (χ2n) is 6.10. The lowest BCUT2D eigenvalue weighted by Gasteiger charge is -2.28. The first-order chi connectivity index (χ1) is 13.6. The topological polar surface area (TPSA) is 107 Å². The van der Waals surface area contributed by atoms with Crippen molar-refractivity contribution >= 4 is 28.6 Å². The van der Waals surface area contributed by atoms with Crippen molar-refractivity contribution in [2.75, 3.05) is 37.9 Å². The van der Waals surface area contributed by atoms with Gasteiger partial charge in [-0.2, -0.15) is 4.98 Å². The number of carbonyl (C=O) groups is 1. The van der Waals surface area contributed by atoms with Crippen molar-refractivity contribution in [2.45, 2.75) is 0 Å². The van der Waals surface area contributed by atoms with Crippen LogP contribution in [0.1, 0.15) is 10.6 Å². The summed E-state index contributed by atoms with van der Waals surface area (Å²) in [6, 6.07) is 6.83. The molecule has 3 heterocycles. The molecule has 2 N–H and O–H groups in total. The van der Waals surface area contributed by atoms with Crippen LogP contribution < -0.4 is 20.1 Å². The molecular formula is C19H19N5O4. The number of carbonyl (C=O) groups excluding carboxylic acids is 1. The molecule has 0 atom stereocenters. The molecule has 4 rings (SSSR count). The molecule has 9 nitrogen and oxygen atoms in total. The number of rotatable bonds is 4. The molecule has 0 unspecified atom stereocenters. The quantitative estimate of drug-likeness (QED) is 0.733. The molecule has 0 spiro atoms. The van der Waals surface area contributed by atoms with Crippen LogP contribution in [0.5, 0.6) is 11.5 Å². The number of benzene rings is 1. The first-order valence-electron chi connectivity index (χ1n) is 8.59. The highest BCUT2D eigenvalue weighted by atomic mass is 16.5. The normalized spacial score (nSPS) is 13.8. The average Bonchev–Trinajstić information content (AvgIpc) is 3.27. The number of hydrogen-bond acceptors (Lipinski definition) is 8. The molecule has 9 heteroatoms. The number of furan rings is 1. The summed E-state index contributed by atoms with van der Waals surface area (Å²) in [5, 5.41) is 0.678. The third kappa shape index (κ3) is 3.07. The number of nitrogen functional groups attached to an aromatic ring is 1. The van der Waals surface area contributed by atoms with Gasteiger partial charge in [0.2, 0.25) is 5.95 Å². The van der Waals surface area contributed by atoms with Crippen molar-refractivity contribution < 1.29 is 18.7 Å². The molecule has 3 aromatic rings. The van der Waals surface area contributed by atoms with Crippen LogP contribution in [0.2, 0.25) is 0 Å². The zero-order chi connectivity index (χ0) is 19.7. The Hall–Kier alpha value is -3.75. The summed E-state index contributed by atoms with van der Waals surface area (Å²) >= 11 is 0. The molecule has 2 aromatic heterocycles. The third-order valence-corrected chi connectivity index (χ3v) is 4.48. The van der Waals surface area contributed by atoms with Gasteiger partial charge in [-0.3, -0.25) is 4.79 Å². The SMILES string of the molecule is COc1cc2nc(N3C=CN(C(=O)c4ccco4)CC3)nc(N)c2cc1OC. The number of methoxy groups -OCH3 is 2. The number of hydrogen-bond donors (Lipinski definition) is 1. The molecule has 1 aromatic carbocycles. The summed E-state index contributed by atoms with van der Waals surface area (Å²) in [6.07, 6.45) is 4.89. The lowest BCUT2D eigenvalue weighted by atomic mass is 10.2. The van der Waals surface area contributed by atoms with Crippen molar-refractivity contribution in [3.63, 3.8) is 0 Å². The van der Waals surface area contributed by atoms with Crippen molar-refractivity contribution in [1.29, 1.82) is 0 Å². The van der Waals surface area contributed by atoms with Gasteiger partial charge in [-0.1, -0.05) is 0 Å². The molecule has 0 fully saturated rings. The molecule has 1 aliphatic rings. The minimum absolute atomic E-state index is 0.198. The van der Waals surface area contributed by atoms with E-state index in [4.69, 9.17) is 19.6 Å². The van der Waals surface area contributed by atoms with Crippen molar-refractivity contribution in [1.82, 2.24) is 14.9 Å². The van der Waals surface area contributed by atoms with E-state index in [2.05, 4.69) is 9.97 Å². The minimum atomic E-state index is -0.198. The van der Waals surface area contributed by atoms with Crippen LogP contribution in [0.15, 0.2) is 47.3 Å². The summed E-state index contributed by atoms with van der Waals surface area (Å²) in [5.74, 6) is 2.00. The molecule has 1 amide bonds. The average molecular weight is 381 g/mol. The maximum Gasteiger partial charge on any atom is 0.293 e. The maximum atomic E-state index is 12.3. The van der Waals surface area contributed by atoms with Gasteiger partial charge in [0.05, 0.1) is 26.0 Å². The van der Waals surface area contributed by atoms with Crippen LogP contribution in [0.3, 0.4) is 0 Å². The van der Waals surface area contributed by atoms with E-state index in [1.807, 2.05) is 4.90 Å². The second kappa shape index (κ2) is 7.10. The predicted octanol–water partition coefficient (Wildman–Crippen LogP) is 2.26. The van der Waals surface area contributed by atoms with Crippen molar-refractivity contribution in [3.8, 4) is 11.5 Å². The maximum absolute atomic E-state index is 12.3. The van der Waals surface area contributed by atoms with E-state index in [1.54, 1.807) is 55.8 Å². The third-order valence-electron chi connectivity index (χ3n) is 4.48. The van der Waals surface area contributed by atoms with Crippen LogP contribution in [-0.4, -0.2) is 48.1 Å². The van der Waals surface area contributed by atoms with E-state index in [-0.39, 0.29) is 5.91 Å². The monoisotopic (exact) mass is 381 g/mol. The molecule has 0 aliphatic carbocycles. The summed E-state index contributed by atoms with van der Waals surface area (Å²) < 4.78 is 15.8. The molecule has 28 heavy (non-hydrogen) atoms. The zero-order valence-electron chi connectivity index (χ0n) is 15.5. The molecular weight excluding hydrogens is 362 g/mol. The smallest absolute Gasteiger partial charge is 0.293 e. The van der Waals surface area contributed by atoms with Gasteiger partial charge in [-0.25, -0.2) is 4.98 Å². The molecule has 0 bridgehead atoms. The fourth-order valence-corrected chi connectivity index (χ4v) is 3.00.